The smallest absolute Gasteiger partial charge is 0.123 e. The van der Waals surface area contributed by atoms with Gasteiger partial charge in [-0.3, -0.25) is 0 Å². The molecule has 1 unspecified atom stereocenters. The maximum Gasteiger partial charge on any atom is 0.123 e. The Kier molecular flexibility index (Phi) is 4.19. The van der Waals surface area contributed by atoms with Gasteiger partial charge in [-0.15, -0.1) is 0 Å². The first-order chi connectivity index (χ1) is 7.90. The summed E-state index contributed by atoms with van der Waals surface area (Å²) in [6, 6.07) is 8.17. The van der Waals surface area contributed by atoms with Gasteiger partial charge in [-0.1, -0.05) is 18.2 Å². The summed E-state index contributed by atoms with van der Waals surface area (Å²) in [5.74, 6) is 1.76. The molecule has 1 aliphatic rings. The lowest BCUT2D eigenvalue weighted by molar-refractivity contribution is 0.406. The quantitative estimate of drug-likeness (QED) is 0.787. The lowest BCUT2D eigenvalue weighted by Crippen LogP contribution is -2.24. The molecule has 3 heteroatoms. The van der Waals surface area contributed by atoms with Gasteiger partial charge in [-0.25, -0.2) is 0 Å². The summed E-state index contributed by atoms with van der Waals surface area (Å²) in [6.45, 7) is 4.30. The van der Waals surface area contributed by atoms with Crippen LogP contribution in [0.5, 0.6) is 5.75 Å². The van der Waals surface area contributed by atoms with Crippen molar-refractivity contribution in [3.63, 3.8) is 0 Å². The fourth-order valence-electron chi connectivity index (χ4n) is 2.15. The second-order valence-electron chi connectivity index (χ2n) is 4.30. The standard InChI is InChI=1S/C13H20N2O/c1-16-13-5-3-2-4-12(13)10-15-9-11-6-7-14-8-11/h2-5,11,14-15H,6-10H2,1H3. The van der Waals surface area contributed by atoms with Crippen molar-refractivity contribution in [2.45, 2.75) is 13.0 Å². The number of nitrogens with one attached hydrogen (secondary N) is 2. The van der Waals surface area contributed by atoms with Crippen LogP contribution in [-0.4, -0.2) is 26.7 Å². The molecule has 0 radical (unpaired) electrons. The molecule has 0 spiro atoms. The molecule has 1 saturated heterocycles. The van der Waals surface area contributed by atoms with Crippen molar-refractivity contribution in [2.24, 2.45) is 5.92 Å². The van der Waals surface area contributed by atoms with E-state index in [4.69, 9.17) is 4.74 Å². The Balaban J connectivity index is 1.79. The van der Waals surface area contributed by atoms with Crippen LogP contribution < -0.4 is 15.4 Å². The highest BCUT2D eigenvalue weighted by atomic mass is 16.5. The highest BCUT2D eigenvalue weighted by Gasteiger charge is 2.13. The van der Waals surface area contributed by atoms with Gasteiger partial charge in [-0.2, -0.15) is 0 Å². The summed E-state index contributed by atoms with van der Waals surface area (Å²) >= 11 is 0. The van der Waals surface area contributed by atoms with Crippen molar-refractivity contribution in [3.8, 4) is 5.75 Å². The zero-order valence-electron chi connectivity index (χ0n) is 9.83. The number of hydrogen-bond donors (Lipinski definition) is 2. The Morgan fingerprint density at radius 3 is 3.06 bits per heavy atom. The van der Waals surface area contributed by atoms with Crippen molar-refractivity contribution in [1.29, 1.82) is 0 Å². The molecular weight excluding hydrogens is 200 g/mol. The van der Waals surface area contributed by atoms with E-state index in [-0.39, 0.29) is 0 Å². The molecule has 88 valence electrons. The van der Waals surface area contributed by atoms with E-state index >= 15 is 0 Å². The summed E-state index contributed by atoms with van der Waals surface area (Å²) in [7, 11) is 1.72. The Morgan fingerprint density at radius 1 is 1.44 bits per heavy atom. The van der Waals surface area contributed by atoms with E-state index in [1.165, 1.54) is 18.5 Å². The Bertz CT molecular complexity index is 321. The minimum atomic E-state index is 0.787. The van der Waals surface area contributed by atoms with Gasteiger partial charge < -0.3 is 15.4 Å². The largest absolute Gasteiger partial charge is 0.496 e. The van der Waals surface area contributed by atoms with Crippen LogP contribution in [0.25, 0.3) is 0 Å². The molecule has 2 N–H and O–H groups in total. The number of para-hydroxylation sites is 1. The summed E-state index contributed by atoms with van der Waals surface area (Å²) in [5, 5.41) is 6.88. The summed E-state index contributed by atoms with van der Waals surface area (Å²) in [5.41, 5.74) is 1.23. The van der Waals surface area contributed by atoms with Crippen molar-refractivity contribution < 1.29 is 4.74 Å². The summed E-state index contributed by atoms with van der Waals surface area (Å²) in [6.07, 6.45) is 1.29. The first kappa shape index (κ1) is 11.4. The van der Waals surface area contributed by atoms with E-state index < -0.39 is 0 Å². The lowest BCUT2D eigenvalue weighted by atomic mass is 10.1. The van der Waals surface area contributed by atoms with Crippen LogP contribution in [0.3, 0.4) is 0 Å². The fraction of sp³-hybridized carbons (Fsp3) is 0.538. The first-order valence-corrected chi connectivity index (χ1v) is 5.93. The zero-order chi connectivity index (χ0) is 11.2. The van der Waals surface area contributed by atoms with Gasteiger partial charge in [-0.05, 0) is 38.0 Å². The summed E-state index contributed by atoms with van der Waals surface area (Å²) < 4.78 is 5.32. The molecule has 1 fully saturated rings. The molecule has 0 bridgehead atoms. The van der Waals surface area contributed by atoms with Crippen molar-refractivity contribution in [2.75, 3.05) is 26.7 Å². The molecule has 3 nitrogen and oxygen atoms in total. The number of ether oxygens (including phenoxy) is 1. The SMILES string of the molecule is COc1ccccc1CNCC1CCNC1. The van der Waals surface area contributed by atoms with Crippen LogP contribution >= 0.6 is 0 Å². The van der Waals surface area contributed by atoms with Gasteiger partial charge >= 0.3 is 0 Å². The molecule has 2 rings (SSSR count). The van der Waals surface area contributed by atoms with Gasteiger partial charge in [0.1, 0.15) is 5.75 Å². The molecule has 0 aliphatic carbocycles. The molecule has 0 saturated carbocycles. The maximum atomic E-state index is 5.32. The molecule has 0 amide bonds. The minimum Gasteiger partial charge on any atom is -0.496 e. The Labute approximate surface area is 97.2 Å². The molecule has 1 aromatic carbocycles. The maximum absolute atomic E-state index is 5.32. The van der Waals surface area contributed by atoms with Crippen LogP contribution in [-0.2, 0) is 6.54 Å². The molecule has 1 aliphatic heterocycles. The molecule has 1 heterocycles. The number of rotatable bonds is 5. The lowest BCUT2D eigenvalue weighted by Gasteiger charge is -2.12. The van der Waals surface area contributed by atoms with Gasteiger partial charge in [0.05, 0.1) is 7.11 Å². The van der Waals surface area contributed by atoms with E-state index in [2.05, 4.69) is 22.8 Å². The third-order valence-corrected chi connectivity index (χ3v) is 3.10. The highest BCUT2D eigenvalue weighted by molar-refractivity contribution is 5.32. The zero-order valence-corrected chi connectivity index (χ0v) is 9.83. The van der Waals surface area contributed by atoms with E-state index in [1.54, 1.807) is 7.11 Å². The number of hydrogen-bond acceptors (Lipinski definition) is 3. The van der Waals surface area contributed by atoms with Crippen molar-refractivity contribution in [1.82, 2.24) is 10.6 Å². The monoisotopic (exact) mass is 220 g/mol. The third kappa shape index (κ3) is 2.97. The second-order valence-corrected chi connectivity index (χ2v) is 4.30. The van der Waals surface area contributed by atoms with Crippen LogP contribution in [0.2, 0.25) is 0 Å². The average Bonchev–Trinajstić information content (AvgIpc) is 2.83. The van der Waals surface area contributed by atoms with Gasteiger partial charge in [0.2, 0.25) is 0 Å². The van der Waals surface area contributed by atoms with Crippen LogP contribution in [0.1, 0.15) is 12.0 Å². The van der Waals surface area contributed by atoms with Crippen molar-refractivity contribution >= 4 is 0 Å². The molecule has 1 aromatic rings. The second kappa shape index (κ2) is 5.87. The van der Waals surface area contributed by atoms with Crippen LogP contribution in [0, 0.1) is 5.92 Å². The molecule has 1 atom stereocenters. The van der Waals surface area contributed by atoms with E-state index in [1.807, 2.05) is 12.1 Å². The predicted molar refractivity (Wildman–Crippen MR) is 65.7 cm³/mol. The minimum absolute atomic E-state index is 0.787. The number of methoxy groups -OCH3 is 1. The highest BCUT2D eigenvalue weighted by Crippen LogP contribution is 2.16. The normalized spacial score (nSPS) is 19.9. The van der Waals surface area contributed by atoms with Crippen molar-refractivity contribution in [3.05, 3.63) is 29.8 Å². The Hall–Kier alpha value is -1.06. The predicted octanol–water partition coefficient (Wildman–Crippen LogP) is 1.39. The third-order valence-electron chi connectivity index (χ3n) is 3.10. The average molecular weight is 220 g/mol. The van der Waals surface area contributed by atoms with E-state index in [9.17, 15) is 0 Å². The summed E-state index contributed by atoms with van der Waals surface area (Å²) in [4.78, 5) is 0. The van der Waals surface area contributed by atoms with Crippen LogP contribution in [0.4, 0.5) is 0 Å². The Morgan fingerprint density at radius 2 is 2.31 bits per heavy atom. The molecule has 16 heavy (non-hydrogen) atoms. The van der Waals surface area contributed by atoms with E-state index in [0.29, 0.717) is 0 Å². The van der Waals surface area contributed by atoms with Gasteiger partial charge in [0, 0.05) is 12.1 Å². The first-order valence-electron chi connectivity index (χ1n) is 5.93. The van der Waals surface area contributed by atoms with Crippen LogP contribution in [0.15, 0.2) is 24.3 Å². The fourth-order valence-corrected chi connectivity index (χ4v) is 2.15. The number of benzene rings is 1. The van der Waals surface area contributed by atoms with Gasteiger partial charge in [0.15, 0.2) is 0 Å². The van der Waals surface area contributed by atoms with Gasteiger partial charge in [0.25, 0.3) is 0 Å². The molecular formula is C13H20N2O. The van der Waals surface area contributed by atoms with E-state index in [0.717, 1.165) is 31.3 Å². The topological polar surface area (TPSA) is 33.3 Å². The molecule has 0 aromatic heterocycles.